The summed E-state index contributed by atoms with van der Waals surface area (Å²) < 4.78 is 5.25. The van der Waals surface area contributed by atoms with Crippen LogP contribution in [0.3, 0.4) is 0 Å². The van der Waals surface area contributed by atoms with E-state index in [1.807, 2.05) is 46.7 Å². The molecular formula is C27H31N3O3S. The Bertz CT molecular complexity index is 1120. The van der Waals surface area contributed by atoms with Gasteiger partial charge in [0.15, 0.2) is 0 Å². The van der Waals surface area contributed by atoms with Crippen LogP contribution in [0, 0.1) is 0 Å². The zero-order chi connectivity index (χ0) is 24.1. The van der Waals surface area contributed by atoms with Crippen molar-refractivity contribution >= 4 is 33.8 Å². The maximum Gasteiger partial charge on any atom is 0.256 e. The molecule has 1 N–H and O–H groups in total. The number of amides is 2. The second kappa shape index (κ2) is 10.7. The number of nitrogens with one attached hydrogen (secondary N) is 1. The lowest BCUT2D eigenvalue weighted by Gasteiger charge is -2.24. The molecule has 6 nitrogen and oxygen atoms in total. The lowest BCUT2D eigenvalue weighted by molar-refractivity contribution is 0.0768. The first-order chi connectivity index (χ1) is 16.5. The Hall–Kier alpha value is -3.32. The fourth-order valence-corrected chi connectivity index (χ4v) is 4.89. The molecule has 3 aromatic rings. The summed E-state index contributed by atoms with van der Waals surface area (Å²) in [5.74, 6) is 1.00. The Balaban J connectivity index is 1.41. The summed E-state index contributed by atoms with van der Waals surface area (Å²) in [5.41, 5.74) is 3.45. The average Bonchev–Trinajstić information content (AvgIpc) is 3.17. The fourth-order valence-electron chi connectivity index (χ4n) is 4.11. The molecule has 7 heteroatoms. The summed E-state index contributed by atoms with van der Waals surface area (Å²) in [6, 6.07) is 17.5. The van der Waals surface area contributed by atoms with Crippen LogP contribution in [0.4, 0.5) is 10.7 Å². The lowest BCUT2D eigenvalue weighted by Crippen LogP contribution is -2.35. The maximum absolute atomic E-state index is 13.3. The summed E-state index contributed by atoms with van der Waals surface area (Å²) in [7, 11) is 1.66. The van der Waals surface area contributed by atoms with Gasteiger partial charge in [-0.3, -0.25) is 9.59 Å². The van der Waals surface area contributed by atoms with Crippen molar-refractivity contribution in [3.05, 3.63) is 76.7 Å². The molecule has 0 unspecified atom stereocenters. The summed E-state index contributed by atoms with van der Waals surface area (Å²) in [6.07, 6.45) is 0.881. The van der Waals surface area contributed by atoms with Crippen molar-refractivity contribution in [2.45, 2.75) is 26.2 Å². The van der Waals surface area contributed by atoms with Crippen molar-refractivity contribution < 1.29 is 14.3 Å². The SMILES string of the molecule is COc1ccc(N2CCCN(C(=O)c3ccsc3NC(=O)c3ccc(C(C)C)cc3)CC2)cc1. The molecule has 2 heterocycles. The van der Waals surface area contributed by atoms with Crippen LogP contribution in [-0.4, -0.2) is 50.0 Å². The van der Waals surface area contributed by atoms with Gasteiger partial charge in [0.05, 0.1) is 12.7 Å². The van der Waals surface area contributed by atoms with E-state index in [4.69, 9.17) is 4.74 Å². The molecule has 2 amide bonds. The number of benzene rings is 2. The van der Waals surface area contributed by atoms with E-state index in [9.17, 15) is 9.59 Å². The molecule has 1 fully saturated rings. The van der Waals surface area contributed by atoms with Gasteiger partial charge in [0.25, 0.3) is 11.8 Å². The van der Waals surface area contributed by atoms with Gasteiger partial charge < -0.3 is 19.9 Å². The van der Waals surface area contributed by atoms with Gasteiger partial charge in [-0.1, -0.05) is 26.0 Å². The van der Waals surface area contributed by atoms with Crippen molar-refractivity contribution in [3.63, 3.8) is 0 Å². The first-order valence-electron chi connectivity index (χ1n) is 11.6. The quantitative estimate of drug-likeness (QED) is 0.510. The second-order valence-corrected chi connectivity index (χ2v) is 9.64. The van der Waals surface area contributed by atoms with Gasteiger partial charge in [-0.05, 0) is 65.7 Å². The molecule has 0 bridgehead atoms. The van der Waals surface area contributed by atoms with Crippen LogP contribution in [-0.2, 0) is 0 Å². The van der Waals surface area contributed by atoms with Gasteiger partial charge in [0.2, 0.25) is 0 Å². The van der Waals surface area contributed by atoms with Crippen LogP contribution >= 0.6 is 11.3 Å². The number of rotatable bonds is 6. The number of carbonyl (C=O) groups is 2. The summed E-state index contributed by atoms with van der Waals surface area (Å²) in [6.45, 7) is 7.20. The second-order valence-electron chi connectivity index (χ2n) is 8.73. The Kier molecular flexibility index (Phi) is 7.53. The number of carbonyl (C=O) groups excluding carboxylic acids is 2. The topological polar surface area (TPSA) is 61.9 Å². The molecule has 0 saturated carbocycles. The summed E-state index contributed by atoms with van der Waals surface area (Å²) in [5, 5.41) is 5.40. The average molecular weight is 478 g/mol. The van der Waals surface area contributed by atoms with Crippen LogP contribution in [0.1, 0.15) is 52.5 Å². The lowest BCUT2D eigenvalue weighted by atomic mass is 10.0. The molecule has 0 aliphatic carbocycles. The molecule has 34 heavy (non-hydrogen) atoms. The molecule has 0 atom stereocenters. The Morgan fingerprint density at radius 2 is 1.68 bits per heavy atom. The molecule has 0 radical (unpaired) electrons. The van der Waals surface area contributed by atoms with Crippen molar-refractivity contribution in [1.82, 2.24) is 4.90 Å². The van der Waals surface area contributed by atoms with E-state index >= 15 is 0 Å². The standard InChI is InChI=1S/C27H31N3O3S/c1-19(2)20-5-7-21(8-6-20)25(31)28-26-24(13-18-34-26)27(32)30-15-4-14-29(16-17-30)22-9-11-23(33-3)12-10-22/h5-13,18-19H,4,14-17H2,1-3H3,(H,28,31). The van der Waals surface area contributed by atoms with Gasteiger partial charge in [-0.15, -0.1) is 11.3 Å². The smallest absolute Gasteiger partial charge is 0.256 e. The number of ether oxygens (including phenoxy) is 1. The van der Waals surface area contributed by atoms with Crippen LogP contribution in [0.2, 0.25) is 0 Å². The Morgan fingerprint density at radius 1 is 0.941 bits per heavy atom. The predicted molar refractivity (Wildman–Crippen MR) is 139 cm³/mol. The zero-order valence-corrected chi connectivity index (χ0v) is 20.7. The number of thiophene rings is 1. The summed E-state index contributed by atoms with van der Waals surface area (Å²) in [4.78, 5) is 30.3. The number of nitrogens with zero attached hydrogens (tertiary/aromatic N) is 2. The monoisotopic (exact) mass is 477 g/mol. The Labute approximate surface area is 205 Å². The van der Waals surface area contributed by atoms with E-state index in [0.717, 1.165) is 30.9 Å². The number of hydrogen-bond acceptors (Lipinski definition) is 5. The van der Waals surface area contributed by atoms with Crippen LogP contribution in [0.15, 0.2) is 60.0 Å². The zero-order valence-electron chi connectivity index (χ0n) is 19.9. The third-order valence-electron chi connectivity index (χ3n) is 6.18. The molecule has 1 aliphatic heterocycles. The van der Waals surface area contributed by atoms with Crippen molar-refractivity contribution in [2.75, 3.05) is 43.5 Å². The normalized spacial score (nSPS) is 14.1. The molecule has 178 valence electrons. The van der Waals surface area contributed by atoms with Crippen LogP contribution in [0.5, 0.6) is 5.75 Å². The van der Waals surface area contributed by atoms with Crippen molar-refractivity contribution in [2.24, 2.45) is 0 Å². The number of anilines is 2. The minimum atomic E-state index is -0.201. The molecule has 2 aromatic carbocycles. The molecule has 1 aliphatic rings. The van der Waals surface area contributed by atoms with Gasteiger partial charge in [0.1, 0.15) is 10.8 Å². The van der Waals surface area contributed by atoms with Gasteiger partial charge >= 0.3 is 0 Å². The van der Waals surface area contributed by atoms with Crippen molar-refractivity contribution in [3.8, 4) is 5.75 Å². The third-order valence-corrected chi connectivity index (χ3v) is 7.01. The van der Waals surface area contributed by atoms with Gasteiger partial charge in [-0.25, -0.2) is 0 Å². The molecule has 0 spiro atoms. The molecular weight excluding hydrogens is 446 g/mol. The highest BCUT2D eigenvalue weighted by molar-refractivity contribution is 7.14. The maximum atomic E-state index is 13.3. The van der Waals surface area contributed by atoms with E-state index in [2.05, 4.69) is 36.2 Å². The minimum absolute atomic E-state index is 0.0386. The van der Waals surface area contributed by atoms with Gasteiger partial charge in [-0.2, -0.15) is 0 Å². The fraction of sp³-hybridized carbons (Fsp3) is 0.333. The van der Waals surface area contributed by atoms with E-state index in [1.54, 1.807) is 13.2 Å². The van der Waals surface area contributed by atoms with Crippen molar-refractivity contribution in [1.29, 1.82) is 0 Å². The summed E-state index contributed by atoms with van der Waals surface area (Å²) >= 11 is 1.38. The molecule has 1 aromatic heterocycles. The highest BCUT2D eigenvalue weighted by Crippen LogP contribution is 2.27. The first-order valence-corrected chi connectivity index (χ1v) is 12.5. The Morgan fingerprint density at radius 3 is 2.35 bits per heavy atom. The first kappa shape index (κ1) is 23.8. The van der Waals surface area contributed by atoms with E-state index in [1.165, 1.54) is 16.9 Å². The van der Waals surface area contributed by atoms with Crippen LogP contribution in [0.25, 0.3) is 0 Å². The number of methoxy groups -OCH3 is 1. The molecule has 4 rings (SSSR count). The van der Waals surface area contributed by atoms with Crippen LogP contribution < -0.4 is 15.0 Å². The van der Waals surface area contributed by atoms with Gasteiger partial charge in [0, 0.05) is 37.4 Å². The third kappa shape index (κ3) is 5.42. The van der Waals surface area contributed by atoms with E-state index < -0.39 is 0 Å². The largest absolute Gasteiger partial charge is 0.497 e. The highest BCUT2D eigenvalue weighted by Gasteiger charge is 2.24. The number of hydrogen-bond donors (Lipinski definition) is 1. The highest BCUT2D eigenvalue weighted by atomic mass is 32.1. The van der Waals surface area contributed by atoms with E-state index in [-0.39, 0.29) is 11.8 Å². The predicted octanol–water partition coefficient (Wildman–Crippen LogP) is 5.48. The minimum Gasteiger partial charge on any atom is -0.497 e. The molecule has 1 saturated heterocycles. The van der Waals surface area contributed by atoms with E-state index in [0.29, 0.717) is 35.1 Å².